The van der Waals surface area contributed by atoms with Crippen LogP contribution in [0.1, 0.15) is 10.5 Å². The number of hydrogen-bond donors (Lipinski definition) is 2. The summed E-state index contributed by atoms with van der Waals surface area (Å²) in [6.07, 6.45) is 1.52. The molecule has 0 atom stereocenters. The number of aromatic nitrogens is 1. The molecule has 3 N–H and O–H groups in total. The van der Waals surface area contributed by atoms with Crippen LogP contribution in [-0.4, -0.2) is 18.0 Å². The average Bonchev–Trinajstić information content (AvgIpc) is 2.39. The van der Waals surface area contributed by atoms with Gasteiger partial charge in [-0.1, -0.05) is 0 Å². The molecule has 0 aliphatic heterocycles. The van der Waals surface area contributed by atoms with Crippen LogP contribution >= 0.6 is 15.9 Å². The monoisotopic (exact) mass is 321 g/mol. The molecule has 1 amide bonds. The summed E-state index contributed by atoms with van der Waals surface area (Å²) in [6.45, 7) is 0. The second-order valence-electron chi connectivity index (χ2n) is 3.74. The number of ether oxygens (including phenoxy) is 1. The number of pyridine rings is 1. The van der Waals surface area contributed by atoms with Crippen LogP contribution in [0.5, 0.6) is 5.75 Å². The number of carbonyl (C=O) groups is 1. The van der Waals surface area contributed by atoms with Crippen LogP contribution in [0.2, 0.25) is 0 Å². The average molecular weight is 322 g/mol. The normalized spacial score (nSPS) is 10.0. The molecule has 0 saturated carbocycles. The molecule has 0 fully saturated rings. The lowest BCUT2D eigenvalue weighted by molar-refractivity contribution is 0.102. The van der Waals surface area contributed by atoms with Crippen molar-refractivity contribution >= 4 is 33.2 Å². The number of halogens is 1. The number of amides is 1. The molecule has 0 aliphatic rings. The topological polar surface area (TPSA) is 77.2 Å². The maximum atomic E-state index is 12.0. The van der Waals surface area contributed by atoms with Gasteiger partial charge in [-0.2, -0.15) is 0 Å². The molecule has 19 heavy (non-hydrogen) atoms. The van der Waals surface area contributed by atoms with E-state index in [0.29, 0.717) is 17.1 Å². The summed E-state index contributed by atoms with van der Waals surface area (Å²) in [7, 11) is 1.58. The summed E-state index contributed by atoms with van der Waals surface area (Å²) < 4.78 is 5.87. The highest BCUT2D eigenvalue weighted by Gasteiger charge is 2.11. The lowest BCUT2D eigenvalue weighted by Crippen LogP contribution is -2.15. The van der Waals surface area contributed by atoms with E-state index in [0.717, 1.165) is 4.47 Å². The highest BCUT2D eigenvalue weighted by molar-refractivity contribution is 9.10. The fraction of sp³-hybridized carbons (Fsp3) is 0.0769. The summed E-state index contributed by atoms with van der Waals surface area (Å²) in [5.74, 6) is 0.338. The van der Waals surface area contributed by atoms with Crippen molar-refractivity contribution < 1.29 is 9.53 Å². The molecular formula is C13H12BrN3O2. The molecule has 0 aliphatic carbocycles. The molecular weight excluding hydrogens is 310 g/mol. The van der Waals surface area contributed by atoms with Gasteiger partial charge in [-0.3, -0.25) is 4.79 Å². The van der Waals surface area contributed by atoms with Crippen molar-refractivity contribution in [1.29, 1.82) is 0 Å². The molecule has 98 valence electrons. The maximum absolute atomic E-state index is 12.0. The lowest BCUT2D eigenvalue weighted by atomic mass is 10.2. The van der Waals surface area contributed by atoms with Gasteiger partial charge >= 0.3 is 0 Å². The number of nitrogens with one attached hydrogen (secondary N) is 1. The van der Waals surface area contributed by atoms with Crippen molar-refractivity contribution in [2.24, 2.45) is 0 Å². The SMILES string of the molecule is COc1ccc(NC(=O)c2ncccc2N)cc1Br. The molecule has 2 rings (SSSR count). The summed E-state index contributed by atoms with van der Waals surface area (Å²) in [5, 5.41) is 2.72. The van der Waals surface area contributed by atoms with Crippen LogP contribution in [0.3, 0.4) is 0 Å². The molecule has 0 radical (unpaired) electrons. The second kappa shape index (κ2) is 5.71. The highest BCUT2D eigenvalue weighted by atomic mass is 79.9. The lowest BCUT2D eigenvalue weighted by Gasteiger charge is -2.08. The fourth-order valence-corrected chi connectivity index (χ4v) is 2.08. The molecule has 2 aromatic rings. The van der Waals surface area contributed by atoms with E-state index in [1.54, 1.807) is 37.4 Å². The molecule has 0 unspecified atom stereocenters. The highest BCUT2D eigenvalue weighted by Crippen LogP contribution is 2.28. The second-order valence-corrected chi connectivity index (χ2v) is 4.60. The van der Waals surface area contributed by atoms with Gasteiger partial charge in [0.1, 0.15) is 5.75 Å². The number of anilines is 2. The van der Waals surface area contributed by atoms with E-state index in [1.165, 1.54) is 6.20 Å². The summed E-state index contributed by atoms with van der Waals surface area (Å²) in [4.78, 5) is 16.0. The van der Waals surface area contributed by atoms with Crippen LogP contribution < -0.4 is 15.8 Å². The molecule has 0 spiro atoms. The van der Waals surface area contributed by atoms with E-state index >= 15 is 0 Å². The van der Waals surface area contributed by atoms with Crippen LogP contribution in [-0.2, 0) is 0 Å². The third-order valence-electron chi connectivity index (χ3n) is 2.46. The Kier molecular flexibility index (Phi) is 4.01. The Hall–Kier alpha value is -2.08. The Morgan fingerprint density at radius 3 is 2.84 bits per heavy atom. The van der Waals surface area contributed by atoms with Gasteiger partial charge in [0.05, 0.1) is 17.3 Å². The summed E-state index contributed by atoms with van der Waals surface area (Å²) in [5.41, 5.74) is 6.87. The fourth-order valence-electron chi connectivity index (χ4n) is 1.54. The number of benzene rings is 1. The predicted octanol–water partition coefficient (Wildman–Crippen LogP) is 2.69. The molecule has 1 heterocycles. The van der Waals surface area contributed by atoms with Crippen LogP contribution in [0.25, 0.3) is 0 Å². The van der Waals surface area contributed by atoms with Crippen LogP contribution in [0, 0.1) is 0 Å². The van der Waals surface area contributed by atoms with Gasteiger partial charge in [0.25, 0.3) is 5.91 Å². The number of rotatable bonds is 3. The molecule has 6 heteroatoms. The van der Waals surface area contributed by atoms with Gasteiger partial charge in [0, 0.05) is 11.9 Å². The minimum Gasteiger partial charge on any atom is -0.496 e. The van der Waals surface area contributed by atoms with Gasteiger partial charge in [-0.05, 0) is 46.3 Å². The van der Waals surface area contributed by atoms with Crippen molar-refractivity contribution in [1.82, 2.24) is 4.98 Å². The van der Waals surface area contributed by atoms with E-state index in [1.807, 2.05) is 0 Å². The Morgan fingerprint density at radius 1 is 1.42 bits per heavy atom. The number of carbonyl (C=O) groups excluding carboxylic acids is 1. The van der Waals surface area contributed by atoms with E-state index in [2.05, 4.69) is 26.2 Å². The predicted molar refractivity (Wildman–Crippen MR) is 77.3 cm³/mol. The Balaban J connectivity index is 2.20. The van der Waals surface area contributed by atoms with Gasteiger partial charge in [-0.15, -0.1) is 0 Å². The number of nitrogen functional groups attached to an aromatic ring is 1. The van der Waals surface area contributed by atoms with Gasteiger partial charge in [-0.25, -0.2) is 4.98 Å². The molecule has 5 nitrogen and oxygen atoms in total. The number of hydrogen-bond acceptors (Lipinski definition) is 4. The van der Waals surface area contributed by atoms with E-state index in [9.17, 15) is 4.79 Å². The third kappa shape index (κ3) is 3.03. The Labute approximate surface area is 118 Å². The zero-order chi connectivity index (χ0) is 13.8. The van der Waals surface area contributed by atoms with Gasteiger partial charge < -0.3 is 15.8 Å². The zero-order valence-corrected chi connectivity index (χ0v) is 11.8. The Morgan fingerprint density at radius 2 is 2.21 bits per heavy atom. The standard InChI is InChI=1S/C13H12BrN3O2/c1-19-11-5-4-8(7-9(11)14)17-13(18)12-10(15)3-2-6-16-12/h2-7H,15H2,1H3,(H,17,18). The van der Waals surface area contributed by atoms with Crippen molar-refractivity contribution in [3.63, 3.8) is 0 Å². The molecule has 1 aromatic carbocycles. The number of methoxy groups -OCH3 is 1. The van der Waals surface area contributed by atoms with E-state index in [4.69, 9.17) is 10.5 Å². The minimum atomic E-state index is -0.352. The first-order valence-corrected chi connectivity index (χ1v) is 6.26. The first kappa shape index (κ1) is 13.4. The first-order valence-electron chi connectivity index (χ1n) is 5.47. The summed E-state index contributed by atoms with van der Waals surface area (Å²) in [6, 6.07) is 8.54. The van der Waals surface area contributed by atoms with Crippen molar-refractivity contribution in [2.75, 3.05) is 18.2 Å². The molecule has 1 aromatic heterocycles. The zero-order valence-electron chi connectivity index (χ0n) is 10.2. The Bertz CT molecular complexity index is 617. The number of nitrogens with zero attached hydrogens (tertiary/aromatic N) is 1. The quantitative estimate of drug-likeness (QED) is 0.911. The first-order chi connectivity index (χ1) is 9.11. The molecule has 0 saturated heterocycles. The maximum Gasteiger partial charge on any atom is 0.276 e. The molecule has 0 bridgehead atoms. The minimum absolute atomic E-state index is 0.203. The van der Waals surface area contributed by atoms with Gasteiger partial charge in [0.2, 0.25) is 0 Å². The van der Waals surface area contributed by atoms with Crippen molar-refractivity contribution in [2.45, 2.75) is 0 Å². The van der Waals surface area contributed by atoms with Gasteiger partial charge in [0.15, 0.2) is 5.69 Å². The largest absolute Gasteiger partial charge is 0.496 e. The number of nitrogens with two attached hydrogens (primary N) is 1. The summed E-state index contributed by atoms with van der Waals surface area (Å²) >= 11 is 3.35. The smallest absolute Gasteiger partial charge is 0.276 e. The van der Waals surface area contributed by atoms with Crippen LogP contribution in [0.4, 0.5) is 11.4 Å². The van der Waals surface area contributed by atoms with E-state index in [-0.39, 0.29) is 11.6 Å². The van der Waals surface area contributed by atoms with E-state index < -0.39 is 0 Å². The van der Waals surface area contributed by atoms with Crippen molar-refractivity contribution in [3.05, 3.63) is 46.7 Å². The third-order valence-corrected chi connectivity index (χ3v) is 3.08. The van der Waals surface area contributed by atoms with Crippen molar-refractivity contribution in [3.8, 4) is 5.75 Å². The van der Waals surface area contributed by atoms with Crippen LogP contribution in [0.15, 0.2) is 41.0 Å².